The summed E-state index contributed by atoms with van der Waals surface area (Å²) in [6.45, 7) is 1.91. The zero-order chi connectivity index (χ0) is 22.0. The molecule has 4 rings (SSSR count). The maximum atomic E-state index is 12.9. The number of aryl methyl sites for hydroxylation is 1. The summed E-state index contributed by atoms with van der Waals surface area (Å²) in [6.07, 6.45) is 1.76. The smallest absolute Gasteiger partial charge is 0.304 e. The number of benzene rings is 3. The van der Waals surface area contributed by atoms with Gasteiger partial charge in [-0.15, -0.1) is 10.1 Å². The molecule has 0 aliphatic carbocycles. The van der Waals surface area contributed by atoms with Gasteiger partial charge in [0.05, 0.1) is 10.6 Å². The molecule has 156 valence electrons. The van der Waals surface area contributed by atoms with Crippen molar-refractivity contribution in [2.24, 2.45) is 0 Å². The third-order valence-corrected chi connectivity index (χ3v) is 5.70. The molecule has 0 bridgehead atoms. The molecule has 1 fully saturated rings. The van der Waals surface area contributed by atoms with Gasteiger partial charge < -0.3 is 5.32 Å². The Labute approximate surface area is 190 Å². The monoisotopic (exact) mass is 452 g/mol. The molecule has 1 heterocycles. The number of hydrazone groups is 1. The second-order valence-corrected chi connectivity index (χ2v) is 8.19. The molecule has 5 nitrogen and oxygen atoms in total. The third kappa shape index (κ3) is 4.63. The number of hydrogen-bond acceptors (Lipinski definition) is 2. The normalized spacial score (nSPS) is 19.3. The Morgan fingerprint density at radius 2 is 1.77 bits per heavy atom. The number of nitrogens with one attached hydrogen (secondary N) is 2. The van der Waals surface area contributed by atoms with Crippen LogP contribution >= 0.6 is 23.2 Å². The largest absolute Gasteiger partial charge is 0.334 e. The Kier molecular flexibility index (Phi) is 6.07. The summed E-state index contributed by atoms with van der Waals surface area (Å²) in [5, 5.41) is 4.03. The number of carbonyl (C=O) groups is 2. The minimum absolute atomic E-state index is 0.316. The van der Waals surface area contributed by atoms with E-state index in [0.29, 0.717) is 15.6 Å². The highest BCUT2D eigenvalue weighted by Gasteiger charge is 2.47. The molecule has 3 aromatic rings. The van der Waals surface area contributed by atoms with Crippen molar-refractivity contribution in [1.29, 1.82) is 0 Å². The number of amides is 2. The van der Waals surface area contributed by atoms with E-state index in [-0.39, 0.29) is 11.8 Å². The quantitative estimate of drug-likeness (QED) is 0.579. The van der Waals surface area contributed by atoms with Gasteiger partial charge in [-0.2, -0.15) is 0 Å². The summed E-state index contributed by atoms with van der Waals surface area (Å²) >= 11 is 12.4. The first-order valence-electron chi connectivity index (χ1n) is 9.73. The fourth-order valence-electron chi connectivity index (χ4n) is 3.58. The minimum Gasteiger partial charge on any atom is -0.334 e. The van der Waals surface area contributed by atoms with Crippen LogP contribution in [0.15, 0.2) is 72.8 Å². The second kappa shape index (κ2) is 8.92. The van der Waals surface area contributed by atoms with Crippen LogP contribution in [0.3, 0.4) is 0 Å². The highest BCUT2D eigenvalue weighted by molar-refractivity contribution is 6.33. The van der Waals surface area contributed by atoms with Gasteiger partial charge in [0, 0.05) is 16.1 Å². The summed E-state index contributed by atoms with van der Waals surface area (Å²) in [5.41, 5.74) is 5.87. The number of hydrazine groups is 1. The molecule has 0 radical (unpaired) electrons. The fourth-order valence-corrected chi connectivity index (χ4v) is 3.89. The lowest BCUT2D eigenvalue weighted by atomic mass is 9.99. The van der Waals surface area contributed by atoms with E-state index >= 15 is 0 Å². The molecule has 7 heteroatoms. The summed E-state index contributed by atoms with van der Waals surface area (Å²) in [6, 6.07) is 20.5. The average Bonchev–Trinajstić information content (AvgIpc) is 3.05. The molecule has 0 saturated carbocycles. The predicted octanol–water partition coefficient (Wildman–Crippen LogP) is 4.32. The van der Waals surface area contributed by atoms with Crippen molar-refractivity contribution in [1.82, 2.24) is 10.7 Å². The van der Waals surface area contributed by atoms with Crippen LogP contribution in [0.2, 0.25) is 10.0 Å². The maximum Gasteiger partial charge on any atom is 0.304 e. The van der Waals surface area contributed by atoms with Crippen molar-refractivity contribution in [2.75, 3.05) is 0 Å². The van der Waals surface area contributed by atoms with Crippen LogP contribution in [0.5, 0.6) is 0 Å². The molecule has 0 unspecified atom stereocenters. The van der Waals surface area contributed by atoms with Crippen LogP contribution in [-0.4, -0.2) is 28.8 Å². The highest BCUT2D eigenvalue weighted by Crippen LogP contribution is 2.27. The SMILES string of the molecule is Cc1cccc(C(=O)N[C@@H]2C(=O)N/[N+](=C\c3ccccc3Cl)[C@@H]2c2ccc(Cl)cc2)c1. The fraction of sp³-hybridized carbons (Fsp3) is 0.125. The minimum atomic E-state index is -0.812. The zero-order valence-electron chi connectivity index (χ0n) is 16.7. The topological polar surface area (TPSA) is 61.2 Å². The molecule has 1 aliphatic rings. The molecule has 1 saturated heterocycles. The maximum absolute atomic E-state index is 12.9. The van der Waals surface area contributed by atoms with Crippen molar-refractivity contribution in [2.45, 2.75) is 19.0 Å². The lowest BCUT2D eigenvalue weighted by Gasteiger charge is -2.15. The Balaban J connectivity index is 1.72. The molecule has 3 aromatic carbocycles. The van der Waals surface area contributed by atoms with Crippen LogP contribution in [0.4, 0.5) is 0 Å². The molecule has 31 heavy (non-hydrogen) atoms. The van der Waals surface area contributed by atoms with Crippen LogP contribution < -0.4 is 10.7 Å². The van der Waals surface area contributed by atoms with E-state index in [1.54, 1.807) is 41.2 Å². The molecule has 2 N–H and O–H groups in total. The van der Waals surface area contributed by atoms with E-state index in [2.05, 4.69) is 10.7 Å². The van der Waals surface area contributed by atoms with Crippen molar-refractivity contribution in [3.8, 4) is 0 Å². The molecule has 2 amide bonds. The lowest BCUT2D eigenvalue weighted by molar-refractivity contribution is -0.596. The number of nitrogens with zero attached hydrogens (tertiary/aromatic N) is 1. The third-order valence-electron chi connectivity index (χ3n) is 5.10. The van der Waals surface area contributed by atoms with Crippen molar-refractivity contribution in [3.63, 3.8) is 0 Å². The van der Waals surface area contributed by atoms with E-state index in [9.17, 15) is 9.59 Å². The number of halogens is 2. The number of rotatable bonds is 4. The molecule has 0 aromatic heterocycles. The van der Waals surface area contributed by atoms with Gasteiger partial charge in [-0.3, -0.25) is 9.59 Å². The van der Waals surface area contributed by atoms with Gasteiger partial charge in [-0.05, 0) is 43.3 Å². The van der Waals surface area contributed by atoms with Gasteiger partial charge in [0.2, 0.25) is 12.3 Å². The number of hydrogen-bond donors (Lipinski definition) is 2. The predicted molar refractivity (Wildman–Crippen MR) is 122 cm³/mol. The van der Waals surface area contributed by atoms with Crippen LogP contribution in [0.1, 0.15) is 33.1 Å². The van der Waals surface area contributed by atoms with Gasteiger partial charge in [0.1, 0.15) is 0 Å². The Hall–Kier alpha value is -3.15. The first-order valence-corrected chi connectivity index (χ1v) is 10.5. The van der Waals surface area contributed by atoms with E-state index in [0.717, 1.165) is 16.7 Å². The standard InChI is InChI=1S/C24H19Cl2N3O2/c1-15-5-4-7-17(13-15)23(30)27-21-22(16-9-11-19(25)12-10-16)29(28-24(21)31)14-18-6-2-3-8-20(18)26/h2-14,21-22H,1H3,(H-,27,28,30,31)/p+1/b29-14-/t21-,22+/m0/s1. The van der Waals surface area contributed by atoms with Gasteiger partial charge in [0.15, 0.2) is 6.04 Å². The lowest BCUT2D eigenvalue weighted by Crippen LogP contribution is -2.42. The van der Waals surface area contributed by atoms with Crippen LogP contribution in [0.25, 0.3) is 0 Å². The van der Waals surface area contributed by atoms with Gasteiger partial charge >= 0.3 is 5.91 Å². The molecular formula is C24H20Cl2N3O2+. The van der Waals surface area contributed by atoms with Crippen LogP contribution in [0, 0.1) is 6.92 Å². The Morgan fingerprint density at radius 1 is 1.03 bits per heavy atom. The summed E-state index contributed by atoms with van der Waals surface area (Å²) in [4.78, 5) is 25.8. The van der Waals surface area contributed by atoms with Crippen molar-refractivity contribution >= 4 is 41.2 Å². The Bertz CT molecular complexity index is 1180. The number of carbonyl (C=O) groups excluding carboxylic acids is 2. The van der Waals surface area contributed by atoms with E-state index in [1.807, 2.05) is 49.4 Å². The zero-order valence-corrected chi connectivity index (χ0v) is 18.2. The first kappa shape index (κ1) is 21.1. The highest BCUT2D eigenvalue weighted by atomic mass is 35.5. The van der Waals surface area contributed by atoms with Crippen molar-refractivity contribution < 1.29 is 14.3 Å². The Morgan fingerprint density at radius 3 is 2.48 bits per heavy atom. The molecular weight excluding hydrogens is 433 g/mol. The molecule has 1 aliphatic heterocycles. The molecule has 0 spiro atoms. The first-order chi connectivity index (χ1) is 14.9. The van der Waals surface area contributed by atoms with Crippen molar-refractivity contribution in [3.05, 3.63) is 105 Å². The summed E-state index contributed by atoms with van der Waals surface area (Å²) in [7, 11) is 0. The van der Waals surface area contributed by atoms with Gasteiger partial charge in [0.25, 0.3) is 5.91 Å². The second-order valence-electron chi connectivity index (χ2n) is 7.35. The van der Waals surface area contributed by atoms with Gasteiger partial charge in [-0.25, -0.2) is 0 Å². The molecule has 2 atom stereocenters. The van der Waals surface area contributed by atoms with E-state index < -0.39 is 12.1 Å². The van der Waals surface area contributed by atoms with E-state index in [1.165, 1.54) is 0 Å². The average molecular weight is 453 g/mol. The van der Waals surface area contributed by atoms with Crippen LogP contribution in [-0.2, 0) is 4.79 Å². The van der Waals surface area contributed by atoms with Gasteiger partial charge in [-0.1, -0.05) is 65.2 Å². The van der Waals surface area contributed by atoms with E-state index in [4.69, 9.17) is 23.2 Å². The summed E-state index contributed by atoms with van der Waals surface area (Å²) < 4.78 is 1.67. The summed E-state index contributed by atoms with van der Waals surface area (Å²) in [5.74, 6) is -0.633.